The number of aryl methyl sites for hydroxylation is 1. The van der Waals surface area contributed by atoms with E-state index in [9.17, 15) is 9.59 Å². The van der Waals surface area contributed by atoms with Crippen molar-refractivity contribution in [3.8, 4) is 0 Å². The van der Waals surface area contributed by atoms with E-state index in [0.29, 0.717) is 44.0 Å². The molecule has 6 nitrogen and oxygen atoms in total. The van der Waals surface area contributed by atoms with Crippen molar-refractivity contribution >= 4 is 17.6 Å². The maximum atomic E-state index is 12.5. The molecule has 6 heteroatoms. The monoisotopic (exact) mass is 352 g/mol. The third kappa shape index (κ3) is 4.59. The third-order valence-electron chi connectivity index (χ3n) is 4.65. The van der Waals surface area contributed by atoms with E-state index < -0.39 is 0 Å². The van der Waals surface area contributed by atoms with Crippen LogP contribution in [-0.4, -0.2) is 52.8 Å². The Hall–Kier alpha value is -2.89. The van der Waals surface area contributed by atoms with Crippen molar-refractivity contribution in [3.05, 3.63) is 59.8 Å². The van der Waals surface area contributed by atoms with Gasteiger partial charge in [0.2, 0.25) is 5.91 Å². The topological polar surface area (TPSA) is 79.5 Å². The number of benzene rings is 1. The largest absolute Gasteiger partial charge is 0.384 e. The SMILES string of the molecule is Nc1ccc(C(=O)N2CCN(C(=O)CCCc3ccccc3)CC2)cn1. The highest BCUT2D eigenvalue weighted by molar-refractivity contribution is 5.94. The van der Waals surface area contributed by atoms with Crippen molar-refractivity contribution < 1.29 is 9.59 Å². The van der Waals surface area contributed by atoms with E-state index in [2.05, 4.69) is 17.1 Å². The van der Waals surface area contributed by atoms with Gasteiger partial charge in [0.15, 0.2) is 0 Å². The molecule has 1 aromatic heterocycles. The van der Waals surface area contributed by atoms with Gasteiger partial charge in [0, 0.05) is 38.8 Å². The lowest BCUT2D eigenvalue weighted by molar-refractivity contribution is -0.132. The lowest BCUT2D eigenvalue weighted by atomic mass is 10.1. The smallest absolute Gasteiger partial charge is 0.255 e. The Morgan fingerprint density at radius 1 is 0.962 bits per heavy atom. The zero-order valence-corrected chi connectivity index (χ0v) is 14.8. The fourth-order valence-corrected chi connectivity index (χ4v) is 3.12. The summed E-state index contributed by atoms with van der Waals surface area (Å²) in [5.41, 5.74) is 7.34. The number of hydrogen-bond donors (Lipinski definition) is 1. The number of nitrogen functional groups attached to an aromatic ring is 1. The Morgan fingerprint density at radius 2 is 1.65 bits per heavy atom. The van der Waals surface area contributed by atoms with Gasteiger partial charge in [-0.05, 0) is 30.5 Å². The van der Waals surface area contributed by atoms with Crippen LogP contribution in [0.4, 0.5) is 5.82 Å². The maximum Gasteiger partial charge on any atom is 0.255 e. The van der Waals surface area contributed by atoms with Crippen molar-refractivity contribution in [1.82, 2.24) is 14.8 Å². The molecule has 0 aliphatic carbocycles. The van der Waals surface area contributed by atoms with Crippen LogP contribution in [0.15, 0.2) is 48.7 Å². The van der Waals surface area contributed by atoms with Gasteiger partial charge in [0.1, 0.15) is 5.82 Å². The van der Waals surface area contributed by atoms with Crippen LogP contribution in [0.2, 0.25) is 0 Å². The summed E-state index contributed by atoms with van der Waals surface area (Å²) in [5, 5.41) is 0. The van der Waals surface area contributed by atoms with E-state index in [-0.39, 0.29) is 11.8 Å². The molecular weight excluding hydrogens is 328 g/mol. The van der Waals surface area contributed by atoms with Crippen LogP contribution < -0.4 is 5.73 Å². The van der Waals surface area contributed by atoms with Gasteiger partial charge in [-0.15, -0.1) is 0 Å². The number of rotatable bonds is 5. The summed E-state index contributed by atoms with van der Waals surface area (Å²) in [6.45, 7) is 2.26. The van der Waals surface area contributed by atoms with E-state index in [0.717, 1.165) is 12.8 Å². The van der Waals surface area contributed by atoms with Gasteiger partial charge in [-0.25, -0.2) is 4.98 Å². The van der Waals surface area contributed by atoms with Crippen LogP contribution in [0.3, 0.4) is 0 Å². The first kappa shape index (κ1) is 17.9. The third-order valence-corrected chi connectivity index (χ3v) is 4.65. The van der Waals surface area contributed by atoms with Crippen molar-refractivity contribution in [3.63, 3.8) is 0 Å². The minimum Gasteiger partial charge on any atom is -0.384 e. The Labute approximate surface area is 153 Å². The summed E-state index contributed by atoms with van der Waals surface area (Å²) in [4.78, 5) is 32.4. The molecule has 2 aromatic rings. The first-order chi connectivity index (χ1) is 12.6. The summed E-state index contributed by atoms with van der Waals surface area (Å²) < 4.78 is 0. The molecule has 3 rings (SSSR count). The second kappa shape index (κ2) is 8.47. The number of nitrogens with zero attached hydrogens (tertiary/aromatic N) is 3. The lowest BCUT2D eigenvalue weighted by Crippen LogP contribution is -2.50. The number of aromatic nitrogens is 1. The molecule has 0 bridgehead atoms. The molecular formula is C20H24N4O2. The van der Waals surface area contributed by atoms with E-state index >= 15 is 0 Å². The van der Waals surface area contributed by atoms with Crippen LogP contribution in [0, 0.1) is 0 Å². The minimum absolute atomic E-state index is 0.0614. The number of piperazine rings is 1. The fraction of sp³-hybridized carbons (Fsp3) is 0.350. The number of amides is 2. The number of carbonyl (C=O) groups excluding carboxylic acids is 2. The summed E-state index contributed by atoms with van der Waals surface area (Å²) in [6.07, 6.45) is 3.80. The summed E-state index contributed by atoms with van der Waals surface area (Å²) in [6, 6.07) is 13.5. The van der Waals surface area contributed by atoms with Crippen molar-refractivity contribution in [2.45, 2.75) is 19.3 Å². The lowest BCUT2D eigenvalue weighted by Gasteiger charge is -2.34. The Kier molecular flexibility index (Phi) is 5.84. The Morgan fingerprint density at radius 3 is 2.31 bits per heavy atom. The molecule has 2 amide bonds. The normalized spacial score (nSPS) is 14.3. The van der Waals surface area contributed by atoms with Gasteiger partial charge >= 0.3 is 0 Å². The zero-order chi connectivity index (χ0) is 18.4. The predicted octanol–water partition coefficient (Wildman–Crippen LogP) is 1.97. The summed E-state index contributed by atoms with van der Waals surface area (Å²) in [7, 11) is 0. The molecule has 26 heavy (non-hydrogen) atoms. The van der Waals surface area contributed by atoms with Crippen LogP contribution in [-0.2, 0) is 11.2 Å². The molecule has 2 heterocycles. The van der Waals surface area contributed by atoms with E-state index in [1.807, 2.05) is 23.1 Å². The molecule has 1 aromatic carbocycles. The van der Waals surface area contributed by atoms with Crippen LogP contribution in [0.5, 0.6) is 0 Å². The van der Waals surface area contributed by atoms with Gasteiger partial charge in [0.05, 0.1) is 5.56 Å². The molecule has 0 atom stereocenters. The minimum atomic E-state index is -0.0614. The molecule has 0 spiro atoms. The number of pyridine rings is 1. The Bertz CT molecular complexity index is 738. The quantitative estimate of drug-likeness (QED) is 0.892. The molecule has 1 aliphatic rings. The van der Waals surface area contributed by atoms with Gasteiger partial charge in [-0.3, -0.25) is 9.59 Å². The van der Waals surface area contributed by atoms with Gasteiger partial charge in [0.25, 0.3) is 5.91 Å². The highest BCUT2D eigenvalue weighted by atomic mass is 16.2. The Balaban J connectivity index is 1.43. The van der Waals surface area contributed by atoms with E-state index in [4.69, 9.17) is 5.73 Å². The molecule has 1 fully saturated rings. The van der Waals surface area contributed by atoms with Crippen molar-refractivity contribution in [1.29, 1.82) is 0 Å². The first-order valence-corrected chi connectivity index (χ1v) is 8.96. The van der Waals surface area contributed by atoms with Crippen LogP contribution in [0.25, 0.3) is 0 Å². The fourth-order valence-electron chi connectivity index (χ4n) is 3.12. The van der Waals surface area contributed by atoms with Crippen LogP contribution in [0.1, 0.15) is 28.8 Å². The number of anilines is 1. The van der Waals surface area contributed by atoms with Crippen molar-refractivity contribution in [2.24, 2.45) is 0 Å². The van der Waals surface area contributed by atoms with Crippen molar-refractivity contribution in [2.75, 3.05) is 31.9 Å². The molecule has 0 saturated carbocycles. The molecule has 1 saturated heterocycles. The highest BCUT2D eigenvalue weighted by Gasteiger charge is 2.24. The van der Waals surface area contributed by atoms with Crippen LogP contribution >= 0.6 is 0 Å². The average molecular weight is 352 g/mol. The highest BCUT2D eigenvalue weighted by Crippen LogP contribution is 2.12. The average Bonchev–Trinajstić information content (AvgIpc) is 2.69. The van der Waals surface area contributed by atoms with Gasteiger partial charge in [-0.1, -0.05) is 30.3 Å². The number of hydrogen-bond acceptors (Lipinski definition) is 4. The molecule has 0 radical (unpaired) electrons. The molecule has 2 N–H and O–H groups in total. The standard InChI is InChI=1S/C20H24N4O2/c21-18-10-9-17(15-22-18)20(26)24-13-11-23(12-14-24)19(25)8-4-7-16-5-2-1-3-6-16/h1-3,5-6,9-10,15H,4,7-8,11-14H2,(H2,21,22). The first-order valence-electron chi connectivity index (χ1n) is 8.96. The summed E-state index contributed by atoms with van der Waals surface area (Å²) in [5.74, 6) is 0.503. The van der Waals surface area contributed by atoms with Gasteiger partial charge < -0.3 is 15.5 Å². The predicted molar refractivity (Wildman–Crippen MR) is 101 cm³/mol. The van der Waals surface area contributed by atoms with Gasteiger partial charge in [-0.2, -0.15) is 0 Å². The molecule has 0 unspecified atom stereocenters. The van der Waals surface area contributed by atoms with E-state index in [1.54, 1.807) is 17.0 Å². The zero-order valence-electron chi connectivity index (χ0n) is 14.8. The second-order valence-corrected chi connectivity index (χ2v) is 6.48. The summed E-state index contributed by atoms with van der Waals surface area (Å²) >= 11 is 0. The maximum absolute atomic E-state index is 12.5. The van der Waals surface area contributed by atoms with E-state index in [1.165, 1.54) is 11.8 Å². The number of nitrogens with two attached hydrogens (primary N) is 1. The second-order valence-electron chi connectivity index (χ2n) is 6.48. The molecule has 1 aliphatic heterocycles. The number of carbonyl (C=O) groups is 2. The molecule has 136 valence electrons.